The largest absolute Gasteiger partial charge is 0.455 e. The molecule has 0 aromatic carbocycles. The number of amides is 1. The van der Waals surface area contributed by atoms with Crippen LogP contribution in [-0.4, -0.2) is 24.0 Å². The highest BCUT2D eigenvalue weighted by Crippen LogP contribution is 2.32. The standard InChI is InChI=1S/C19H32N2O3/c1-5-6-7-15-8-10-16(11-9-15)18(23)24-12-17(22)21-19(4,13-20)14(2)3/h14-16H,5-12H2,1-4H3,(H,21,22)/t15?,16?,19-/m1/s1. The Morgan fingerprint density at radius 1 is 1.29 bits per heavy atom. The molecule has 0 aromatic rings. The first-order chi connectivity index (χ1) is 11.3. The Morgan fingerprint density at radius 3 is 2.42 bits per heavy atom. The number of esters is 1. The number of nitrogens with one attached hydrogen (secondary N) is 1. The highest BCUT2D eigenvalue weighted by atomic mass is 16.5. The average Bonchev–Trinajstić information content (AvgIpc) is 2.58. The first kappa shape index (κ1) is 20.5. The van der Waals surface area contributed by atoms with Crippen LogP contribution in [0, 0.1) is 29.1 Å². The molecule has 0 saturated heterocycles. The van der Waals surface area contributed by atoms with Crippen molar-refractivity contribution in [3.05, 3.63) is 0 Å². The summed E-state index contributed by atoms with van der Waals surface area (Å²) < 4.78 is 5.17. The smallest absolute Gasteiger partial charge is 0.309 e. The molecule has 5 nitrogen and oxygen atoms in total. The van der Waals surface area contributed by atoms with Crippen molar-refractivity contribution in [3.8, 4) is 6.07 Å². The molecule has 1 atom stereocenters. The Kier molecular flexibility index (Phi) is 8.24. The molecule has 1 N–H and O–H groups in total. The fourth-order valence-electron chi connectivity index (χ4n) is 3.06. The van der Waals surface area contributed by atoms with Gasteiger partial charge in [0.1, 0.15) is 5.54 Å². The van der Waals surface area contributed by atoms with Gasteiger partial charge in [-0.25, -0.2) is 0 Å². The molecule has 1 saturated carbocycles. The summed E-state index contributed by atoms with van der Waals surface area (Å²) in [6.07, 6.45) is 7.59. The third kappa shape index (κ3) is 6.14. The molecule has 0 aliphatic heterocycles. The van der Waals surface area contributed by atoms with E-state index in [1.54, 1.807) is 6.92 Å². The Labute approximate surface area is 146 Å². The van der Waals surface area contributed by atoms with Gasteiger partial charge in [0.15, 0.2) is 6.61 Å². The Balaban J connectivity index is 2.34. The van der Waals surface area contributed by atoms with E-state index in [9.17, 15) is 14.9 Å². The number of hydrogen-bond donors (Lipinski definition) is 1. The molecule has 1 amide bonds. The fraction of sp³-hybridized carbons (Fsp3) is 0.842. The van der Waals surface area contributed by atoms with E-state index in [-0.39, 0.29) is 24.4 Å². The number of rotatable bonds is 8. The van der Waals surface area contributed by atoms with Crippen molar-refractivity contribution in [2.24, 2.45) is 17.8 Å². The maximum absolute atomic E-state index is 12.1. The zero-order valence-electron chi connectivity index (χ0n) is 15.6. The Hall–Kier alpha value is -1.57. The number of carbonyl (C=O) groups excluding carboxylic acids is 2. The number of nitriles is 1. The Morgan fingerprint density at radius 2 is 1.92 bits per heavy atom. The predicted molar refractivity (Wildman–Crippen MR) is 92.9 cm³/mol. The molecular formula is C19H32N2O3. The lowest BCUT2D eigenvalue weighted by Gasteiger charge is -2.28. The lowest BCUT2D eigenvalue weighted by atomic mass is 9.80. The van der Waals surface area contributed by atoms with E-state index in [0.29, 0.717) is 0 Å². The van der Waals surface area contributed by atoms with Gasteiger partial charge >= 0.3 is 5.97 Å². The average molecular weight is 336 g/mol. The van der Waals surface area contributed by atoms with Gasteiger partial charge in [-0.15, -0.1) is 0 Å². The maximum Gasteiger partial charge on any atom is 0.309 e. The number of carbonyl (C=O) groups is 2. The van der Waals surface area contributed by atoms with Crippen LogP contribution >= 0.6 is 0 Å². The molecule has 5 heteroatoms. The topological polar surface area (TPSA) is 79.2 Å². The van der Waals surface area contributed by atoms with E-state index >= 15 is 0 Å². The van der Waals surface area contributed by atoms with Crippen molar-refractivity contribution in [3.63, 3.8) is 0 Å². The van der Waals surface area contributed by atoms with Gasteiger partial charge in [-0.05, 0) is 44.4 Å². The van der Waals surface area contributed by atoms with E-state index in [1.165, 1.54) is 19.3 Å². The minimum Gasteiger partial charge on any atom is -0.455 e. The monoisotopic (exact) mass is 336 g/mol. The molecule has 0 aromatic heterocycles. The number of unbranched alkanes of at least 4 members (excludes halogenated alkanes) is 1. The normalized spacial score (nSPS) is 23.2. The molecule has 136 valence electrons. The first-order valence-electron chi connectivity index (χ1n) is 9.21. The van der Waals surface area contributed by atoms with Gasteiger partial charge in [-0.3, -0.25) is 9.59 Å². The van der Waals surface area contributed by atoms with Gasteiger partial charge in [0.25, 0.3) is 5.91 Å². The van der Waals surface area contributed by atoms with E-state index in [1.807, 2.05) is 13.8 Å². The molecule has 1 fully saturated rings. The summed E-state index contributed by atoms with van der Waals surface area (Å²) in [6, 6.07) is 2.11. The van der Waals surface area contributed by atoms with Crippen LogP contribution in [0.2, 0.25) is 0 Å². The summed E-state index contributed by atoms with van der Waals surface area (Å²) in [7, 11) is 0. The first-order valence-corrected chi connectivity index (χ1v) is 9.21. The predicted octanol–water partition coefficient (Wildman–Crippen LogP) is 3.58. The third-order valence-corrected chi connectivity index (χ3v) is 5.28. The van der Waals surface area contributed by atoms with Crippen LogP contribution in [0.15, 0.2) is 0 Å². The quantitative estimate of drug-likeness (QED) is 0.687. The van der Waals surface area contributed by atoms with Crippen LogP contribution in [-0.2, 0) is 14.3 Å². The second kappa shape index (κ2) is 9.66. The molecular weight excluding hydrogens is 304 g/mol. The van der Waals surface area contributed by atoms with Crippen LogP contribution in [0.25, 0.3) is 0 Å². The van der Waals surface area contributed by atoms with Crippen LogP contribution in [0.1, 0.15) is 72.6 Å². The van der Waals surface area contributed by atoms with Gasteiger partial charge in [0, 0.05) is 0 Å². The minimum atomic E-state index is -0.944. The maximum atomic E-state index is 12.1. The van der Waals surface area contributed by atoms with Crippen molar-refractivity contribution in [1.29, 1.82) is 5.26 Å². The zero-order chi connectivity index (χ0) is 18.2. The molecule has 0 radical (unpaired) electrons. The van der Waals surface area contributed by atoms with Crippen LogP contribution in [0.4, 0.5) is 0 Å². The van der Waals surface area contributed by atoms with Crippen molar-refractivity contribution in [1.82, 2.24) is 5.32 Å². The lowest BCUT2D eigenvalue weighted by molar-refractivity contribution is -0.154. The van der Waals surface area contributed by atoms with Crippen molar-refractivity contribution < 1.29 is 14.3 Å². The SMILES string of the molecule is CCCCC1CCC(C(=O)OCC(=O)N[C@](C)(C#N)C(C)C)CC1. The summed E-state index contributed by atoms with van der Waals surface area (Å²) in [4.78, 5) is 24.1. The summed E-state index contributed by atoms with van der Waals surface area (Å²) >= 11 is 0. The van der Waals surface area contributed by atoms with E-state index < -0.39 is 11.4 Å². The van der Waals surface area contributed by atoms with Gasteiger partial charge in [-0.1, -0.05) is 40.0 Å². The van der Waals surface area contributed by atoms with Crippen molar-refractivity contribution in [2.75, 3.05) is 6.61 Å². The van der Waals surface area contributed by atoms with Crippen LogP contribution < -0.4 is 5.32 Å². The van der Waals surface area contributed by atoms with E-state index in [4.69, 9.17) is 4.74 Å². The summed E-state index contributed by atoms with van der Waals surface area (Å²) in [5, 5.41) is 11.9. The van der Waals surface area contributed by atoms with Gasteiger partial charge in [-0.2, -0.15) is 5.26 Å². The highest BCUT2D eigenvalue weighted by Gasteiger charge is 2.31. The minimum absolute atomic E-state index is 0.0273. The summed E-state index contributed by atoms with van der Waals surface area (Å²) in [5.41, 5.74) is -0.944. The lowest BCUT2D eigenvalue weighted by Crippen LogP contribution is -2.50. The van der Waals surface area contributed by atoms with Gasteiger partial charge in [0.05, 0.1) is 12.0 Å². The summed E-state index contributed by atoms with van der Waals surface area (Å²) in [6.45, 7) is 7.30. The zero-order valence-corrected chi connectivity index (χ0v) is 15.6. The second-order valence-electron chi connectivity index (χ2n) is 7.48. The molecule has 1 aliphatic rings. The molecule has 0 unspecified atom stereocenters. The van der Waals surface area contributed by atoms with Gasteiger partial charge in [0.2, 0.25) is 0 Å². The number of hydrogen-bond acceptors (Lipinski definition) is 4. The molecule has 0 spiro atoms. The Bertz CT molecular complexity index is 462. The number of nitrogens with zero attached hydrogens (tertiary/aromatic N) is 1. The van der Waals surface area contributed by atoms with E-state index in [0.717, 1.165) is 31.6 Å². The fourth-order valence-corrected chi connectivity index (χ4v) is 3.06. The summed E-state index contributed by atoms with van der Waals surface area (Å²) in [5.74, 6) is -0.0663. The van der Waals surface area contributed by atoms with E-state index in [2.05, 4.69) is 18.3 Å². The molecule has 0 heterocycles. The molecule has 24 heavy (non-hydrogen) atoms. The van der Waals surface area contributed by atoms with Crippen molar-refractivity contribution in [2.45, 2.75) is 78.2 Å². The van der Waals surface area contributed by atoms with Crippen LogP contribution in [0.5, 0.6) is 0 Å². The highest BCUT2D eigenvalue weighted by molar-refractivity contribution is 5.82. The third-order valence-electron chi connectivity index (χ3n) is 5.28. The van der Waals surface area contributed by atoms with Crippen LogP contribution in [0.3, 0.4) is 0 Å². The molecule has 1 aliphatic carbocycles. The molecule has 1 rings (SSSR count). The molecule has 0 bridgehead atoms. The second-order valence-corrected chi connectivity index (χ2v) is 7.48. The number of ether oxygens (including phenoxy) is 1. The van der Waals surface area contributed by atoms with Gasteiger partial charge < -0.3 is 10.1 Å². The van der Waals surface area contributed by atoms with Crippen molar-refractivity contribution >= 4 is 11.9 Å².